The van der Waals surface area contributed by atoms with Crippen LogP contribution in [0.5, 0.6) is 5.75 Å². The number of benzene rings is 1. The Hall–Kier alpha value is -2.08. The van der Waals surface area contributed by atoms with E-state index in [1.807, 2.05) is 0 Å². The Bertz CT molecular complexity index is 708. The molecule has 1 N–H and O–H groups in total. The maximum absolute atomic E-state index is 11.4. The lowest BCUT2D eigenvalue weighted by atomic mass is 10.1. The maximum Gasteiger partial charge on any atom is 0.297 e. The number of aromatic nitrogens is 1. The summed E-state index contributed by atoms with van der Waals surface area (Å²) in [6.45, 7) is 1.66. The number of halogens is 1. The Morgan fingerprint density at radius 3 is 2.67 bits per heavy atom. The number of nitro benzene ring substituents is 1. The number of methoxy groups -OCH3 is 1. The Morgan fingerprint density at radius 2 is 2.11 bits per heavy atom. The Morgan fingerprint density at radius 1 is 1.44 bits per heavy atom. The minimum Gasteiger partial charge on any atom is -0.495 e. The van der Waals surface area contributed by atoms with Crippen molar-refractivity contribution in [3.8, 4) is 5.75 Å². The van der Waals surface area contributed by atoms with Gasteiger partial charge in [-0.15, -0.1) is 0 Å². The van der Waals surface area contributed by atoms with Gasteiger partial charge >= 0.3 is 0 Å². The highest BCUT2D eigenvalue weighted by Gasteiger charge is 2.21. The number of aromatic amines is 1. The van der Waals surface area contributed by atoms with Gasteiger partial charge in [-0.2, -0.15) is 0 Å². The van der Waals surface area contributed by atoms with Gasteiger partial charge < -0.3 is 9.72 Å². The van der Waals surface area contributed by atoms with Gasteiger partial charge in [0.2, 0.25) is 5.56 Å². The van der Waals surface area contributed by atoms with Crippen molar-refractivity contribution in [3.05, 3.63) is 43.2 Å². The molecule has 0 fully saturated rings. The van der Waals surface area contributed by atoms with Crippen LogP contribution >= 0.6 is 11.6 Å². The molecule has 2 aromatic rings. The summed E-state index contributed by atoms with van der Waals surface area (Å²) in [5, 5.41) is 11.7. The van der Waals surface area contributed by atoms with Crippen LogP contribution in [-0.4, -0.2) is 17.0 Å². The van der Waals surface area contributed by atoms with E-state index in [1.165, 1.54) is 19.2 Å². The van der Waals surface area contributed by atoms with Crippen LogP contribution in [0.4, 0.5) is 5.69 Å². The van der Waals surface area contributed by atoms with E-state index in [9.17, 15) is 14.9 Å². The summed E-state index contributed by atoms with van der Waals surface area (Å²) in [6.07, 6.45) is 0. The van der Waals surface area contributed by atoms with Gasteiger partial charge in [0, 0.05) is 11.5 Å². The first-order chi connectivity index (χ1) is 8.45. The van der Waals surface area contributed by atoms with Crippen LogP contribution in [-0.2, 0) is 0 Å². The normalized spacial score (nSPS) is 10.6. The zero-order valence-corrected chi connectivity index (χ0v) is 10.4. The second-order valence-corrected chi connectivity index (χ2v) is 4.11. The number of H-pyrrole nitrogens is 1. The second kappa shape index (κ2) is 4.30. The van der Waals surface area contributed by atoms with Crippen LogP contribution in [0.15, 0.2) is 16.9 Å². The number of fused-ring (bicyclic) bond motifs is 1. The molecule has 18 heavy (non-hydrogen) atoms. The van der Waals surface area contributed by atoms with Crippen molar-refractivity contribution in [3.63, 3.8) is 0 Å². The number of rotatable bonds is 2. The van der Waals surface area contributed by atoms with Gasteiger partial charge in [-0.25, -0.2) is 0 Å². The SMILES string of the molecule is COc1cc([N+](=O)[O-])c2[nH]c(=O)cc(C)c2c1Cl. The van der Waals surface area contributed by atoms with Gasteiger partial charge in [0.15, 0.2) is 0 Å². The Balaban J connectivity index is 3.05. The highest BCUT2D eigenvalue weighted by Crippen LogP contribution is 2.38. The van der Waals surface area contributed by atoms with E-state index >= 15 is 0 Å². The Kier molecular flexibility index (Phi) is 2.96. The zero-order chi connectivity index (χ0) is 13.4. The highest BCUT2D eigenvalue weighted by molar-refractivity contribution is 6.37. The van der Waals surface area contributed by atoms with Gasteiger partial charge in [-0.05, 0) is 12.5 Å². The molecular weight excluding hydrogens is 260 g/mol. The van der Waals surface area contributed by atoms with E-state index in [1.54, 1.807) is 6.92 Å². The molecule has 0 atom stereocenters. The fraction of sp³-hybridized carbons (Fsp3) is 0.182. The third-order valence-electron chi connectivity index (χ3n) is 2.62. The summed E-state index contributed by atoms with van der Waals surface area (Å²) >= 11 is 6.11. The summed E-state index contributed by atoms with van der Waals surface area (Å²) in [5.41, 5.74) is 0.00735. The van der Waals surface area contributed by atoms with Gasteiger partial charge in [0.25, 0.3) is 5.69 Å². The molecule has 6 nitrogen and oxygen atoms in total. The average molecular weight is 269 g/mol. The quantitative estimate of drug-likeness (QED) is 0.669. The first-order valence-electron chi connectivity index (χ1n) is 5.00. The van der Waals surface area contributed by atoms with Crippen LogP contribution in [0, 0.1) is 17.0 Å². The maximum atomic E-state index is 11.4. The third kappa shape index (κ3) is 1.80. The number of nitro groups is 1. The molecule has 0 aliphatic carbocycles. The van der Waals surface area contributed by atoms with Crippen molar-refractivity contribution in [2.45, 2.75) is 6.92 Å². The van der Waals surface area contributed by atoms with Crippen molar-refractivity contribution in [2.24, 2.45) is 0 Å². The molecule has 2 rings (SSSR count). The number of nitrogens with zero attached hydrogens (tertiary/aromatic N) is 1. The van der Waals surface area contributed by atoms with E-state index in [0.717, 1.165) is 0 Å². The molecule has 0 radical (unpaired) electrons. The monoisotopic (exact) mass is 268 g/mol. The van der Waals surface area contributed by atoms with Crippen molar-refractivity contribution in [1.29, 1.82) is 0 Å². The number of hydrogen-bond acceptors (Lipinski definition) is 4. The number of aryl methyl sites for hydroxylation is 1. The number of nitrogens with one attached hydrogen (secondary N) is 1. The first kappa shape index (κ1) is 12.4. The summed E-state index contributed by atoms with van der Waals surface area (Å²) in [4.78, 5) is 24.2. The molecule has 0 aliphatic rings. The van der Waals surface area contributed by atoms with Crippen LogP contribution in [0.1, 0.15) is 5.56 Å². The second-order valence-electron chi connectivity index (χ2n) is 3.74. The molecule has 0 aliphatic heterocycles. The van der Waals surface area contributed by atoms with E-state index in [2.05, 4.69) is 4.98 Å². The summed E-state index contributed by atoms with van der Waals surface area (Å²) in [6, 6.07) is 2.53. The third-order valence-corrected chi connectivity index (χ3v) is 2.99. The molecule has 7 heteroatoms. The lowest BCUT2D eigenvalue weighted by Gasteiger charge is -2.09. The lowest BCUT2D eigenvalue weighted by molar-refractivity contribution is -0.383. The lowest BCUT2D eigenvalue weighted by Crippen LogP contribution is -2.07. The van der Waals surface area contributed by atoms with E-state index in [-0.39, 0.29) is 22.0 Å². The highest BCUT2D eigenvalue weighted by atomic mass is 35.5. The number of pyridine rings is 1. The Labute approximate surface area is 106 Å². The van der Waals surface area contributed by atoms with E-state index < -0.39 is 10.5 Å². The van der Waals surface area contributed by atoms with Crippen molar-refractivity contribution in [2.75, 3.05) is 7.11 Å². The largest absolute Gasteiger partial charge is 0.495 e. The van der Waals surface area contributed by atoms with Crippen LogP contribution in [0.3, 0.4) is 0 Å². The molecule has 0 bridgehead atoms. The zero-order valence-electron chi connectivity index (χ0n) is 9.61. The van der Waals surface area contributed by atoms with Crippen molar-refractivity contribution < 1.29 is 9.66 Å². The van der Waals surface area contributed by atoms with Gasteiger partial charge in [0.05, 0.1) is 23.1 Å². The molecule has 1 aromatic carbocycles. The summed E-state index contributed by atoms with van der Waals surface area (Å²) in [7, 11) is 1.37. The number of ether oxygens (including phenoxy) is 1. The van der Waals surface area contributed by atoms with E-state index in [4.69, 9.17) is 16.3 Å². The van der Waals surface area contributed by atoms with Crippen molar-refractivity contribution >= 4 is 28.2 Å². The van der Waals surface area contributed by atoms with Gasteiger partial charge in [-0.1, -0.05) is 11.6 Å². The first-order valence-corrected chi connectivity index (χ1v) is 5.38. The van der Waals surface area contributed by atoms with Crippen LogP contribution in [0.25, 0.3) is 10.9 Å². The molecule has 0 saturated carbocycles. The molecule has 1 aromatic heterocycles. The topological polar surface area (TPSA) is 85.2 Å². The van der Waals surface area contributed by atoms with Crippen LogP contribution < -0.4 is 10.3 Å². The number of non-ortho nitro benzene ring substituents is 1. The molecule has 0 saturated heterocycles. The summed E-state index contributed by atoms with van der Waals surface area (Å²) < 4.78 is 5.00. The van der Waals surface area contributed by atoms with Gasteiger partial charge in [-0.3, -0.25) is 14.9 Å². The summed E-state index contributed by atoms with van der Waals surface area (Å²) in [5.74, 6) is 0.200. The standard InChI is InChI=1S/C11H9ClN2O4/c1-5-3-8(15)13-11-6(14(16)17)4-7(18-2)10(12)9(5)11/h3-4H,1-2H3,(H,13,15). The molecule has 0 spiro atoms. The molecule has 0 amide bonds. The van der Waals surface area contributed by atoms with Crippen LogP contribution in [0.2, 0.25) is 5.02 Å². The smallest absolute Gasteiger partial charge is 0.297 e. The molecular formula is C11H9ClN2O4. The average Bonchev–Trinajstić information content (AvgIpc) is 2.27. The minimum absolute atomic E-state index is 0.107. The molecule has 0 unspecified atom stereocenters. The number of hydrogen-bond donors (Lipinski definition) is 1. The predicted molar refractivity (Wildman–Crippen MR) is 67.5 cm³/mol. The molecule has 94 valence electrons. The fourth-order valence-corrected chi connectivity index (χ4v) is 2.21. The molecule has 1 heterocycles. The fourth-order valence-electron chi connectivity index (χ4n) is 1.84. The predicted octanol–water partition coefficient (Wildman–Crippen LogP) is 2.41. The van der Waals surface area contributed by atoms with Crippen molar-refractivity contribution in [1.82, 2.24) is 4.98 Å². The minimum atomic E-state index is -0.587. The van der Waals surface area contributed by atoms with Gasteiger partial charge in [0.1, 0.15) is 11.3 Å². The van der Waals surface area contributed by atoms with E-state index in [0.29, 0.717) is 10.9 Å².